The molecule has 0 saturated carbocycles. The Labute approximate surface area is 219 Å². The van der Waals surface area contributed by atoms with Crippen molar-refractivity contribution in [1.82, 2.24) is 0 Å². The Bertz CT molecular complexity index is 1230. The zero-order valence-electron chi connectivity index (χ0n) is 19.5. The van der Waals surface area contributed by atoms with Crippen molar-refractivity contribution in [3.8, 4) is 11.1 Å². The number of hydrogen-bond donors (Lipinski definition) is 0. The van der Waals surface area contributed by atoms with Crippen LogP contribution in [-0.2, 0) is 34.1 Å². The molecule has 0 unspecified atom stereocenters. The molecule has 4 heteroatoms. The molecule has 0 radical (unpaired) electrons. The fourth-order valence-corrected chi connectivity index (χ4v) is 13.3. The molecule has 2 aliphatic carbocycles. The predicted octanol–water partition coefficient (Wildman–Crippen LogP) is 0.646. The van der Waals surface area contributed by atoms with E-state index in [4.69, 9.17) is 0 Å². The fraction of sp³-hybridized carbons (Fsp3) is 0.207. The van der Waals surface area contributed by atoms with Gasteiger partial charge in [-0.25, -0.2) is 0 Å². The smallest absolute Gasteiger partial charge is 1.00 e. The molecule has 0 aliphatic heterocycles. The first-order valence-corrected chi connectivity index (χ1v) is 18.7. The van der Waals surface area contributed by atoms with Gasteiger partial charge >= 0.3 is 196 Å². The topological polar surface area (TPSA) is 0 Å². The SMILES string of the molecule is C[Si](C)(C)C1=CC[C]([Zr+2](=[CH]Cc2ccccc2)[c]2cccc3c2Cc2ccccc2-3)=C1.[Cl-].[Cl-]. The minimum absolute atomic E-state index is 0. The molecule has 0 fully saturated rings. The monoisotopic (exact) mass is 566 g/mol. The summed E-state index contributed by atoms with van der Waals surface area (Å²) in [5, 5.41) is 1.66. The van der Waals surface area contributed by atoms with E-state index in [9.17, 15) is 0 Å². The van der Waals surface area contributed by atoms with Crippen LogP contribution in [0.1, 0.15) is 23.1 Å². The van der Waals surface area contributed by atoms with E-state index in [0.29, 0.717) is 0 Å². The van der Waals surface area contributed by atoms with Gasteiger partial charge in [-0.3, -0.25) is 0 Å². The Balaban J connectivity index is 0.00000153. The Morgan fingerprint density at radius 1 is 0.818 bits per heavy atom. The van der Waals surface area contributed by atoms with Gasteiger partial charge in [-0.1, -0.05) is 0 Å². The van der Waals surface area contributed by atoms with E-state index in [1.807, 2.05) is 0 Å². The first-order valence-electron chi connectivity index (χ1n) is 11.4. The predicted molar refractivity (Wildman–Crippen MR) is 135 cm³/mol. The van der Waals surface area contributed by atoms with Crippen LogP contribution in [0.5, 0.6) is 0 Å². The van der Waals surface area contributed by atoms with Crippen LogP contribution in [0.25, 0.3) is 11.1 Å². The molecule has 2 aliphatic rings. The van der Waals surface area contributed by atoms with Gasteiger partial charge in [0.05, 0.1) is 0 Å². The van der Waals surface area contributed by atoms with Crippen molar-refractivity contribution < 1.29 is 46.1 Å². The molecule has 5 rings (SSSR count). The molecule has 168 valence electrons. The maximum Gasteiger partial charge on any atom is -1.00 e. The molecule has 3 aromatic carbocycles. The van der Waals surface area contributed by atoms with Crippen LogP contribution in [0.4, 0.5) is 0 Å². The number of fused-ring (bicyclic) bond motifs is 3. The molecule has 0 bridgehead atoms. The summed E-state index contributed by atoms with van der Waals surface area (Å²) in [6.07, 6.45) is 8.55. The third kappa shape index (κ3) is 5.51. The van der Waals surface area contributed by atoms with Crippen molar-refractivity contribution in [3.63, 3.8) is 0 Å². The molecule has 3 aromatic rings. The van der Waals surface area contributed by atoms with Crippen molar-refractivity contribution in [2.75, 3.05) is 0 Å². The zero-order valence-corrected chi connectivity index (χ0v) is 24.5. The normalized spacial score (nSPS) is 13.9. The summed E-state index contributed by atoms with van der Waals surface area (Å²) in [5.74, 6) is 0. The quantitative estimate of drug-likeness (QED) is 0.310. The second-order valence-electron chi connectivity index (χ2n) is 9.76. The van der Waals surface area contributed by atoms with Gasteiger partial charge in [0.2, 0.25) is 0 Å². The van der Waals surface area contributed by atoms with Gasteiger partial charge in [-0.2, -0.15) is 0 Å². The van der Waals surface area contributed by atoms with E-state index in [1.54, 1.807) is 17.3 Å². The van der Waals surface area contributed by atoms with Crippen LogP contribution < -0.4 is 28.1 Å². The molecule has 0 amide bonds. The van der Waals surface area contributed by atoms with Gasteiger partial charge < -0.3 is 24.8 Å². The van der Waals surface area contributed by atoms with Crippen LogP contribution >= 0.6 is 0 Å². The van der Waals surface area contributed by atoms with Crippen molar-refractivity contribution in [1.29, 1.82) is 0 Å². The molecule has 0 aromatic heterocycles. The number of benzene rings is 3. The van der Waals surface area contributed by atoms with Gasteiger partial charge in [-0.05, 0) is 0 Å². The van der Waals surface area contributed by atoms with Crippen LogP contribution in [0, 0.1) is 0 Å². The van der Waals surface area contributed by atoms with Crippen LogP contribution in [0.15, 0.2) is 93.4 Å². The van der Waals surface area contributed by atoms with Gasteiger partial charge in [0, 0.05) is 0 Å². The molecule has 0 atom stereocenters. The van der Waals surface area contributed by atoms with E-state index in [0.717, 1.165) is 12.8 Å². The molecule has 33 heavy (non-hydrogen) atoms. The first-order chi connectivity index (χ1) is 15.0. The number of hydrogen-bond acceptors (Lipinski definition) is 0. The average Bonchev–Trinajstić information content (AvgIpc) is 3.40. The molecule has 0 saturated heterocycles. The molecule has 0 N–H and O–H groups in total. The Morgan fingerprint density at radius 2 is 1.52 bits per heavy atom. The van der Waals surface area contributed by atoms with Crippen molar-refractivity contribution in [2.45, 2.75) is 38.9 Å². The summed E-state index contributed by atoms with van der Waals surface area (Å²) in [4.78, 5) is 0. The van der Waals surface area contributed by atoms with Crippen molar-refractivity contribution >= 4 is 15.1 Å². The van der Waals surface area contributed by atoms with Gasteiger partial charge in [0.15, 0.2) is 0 Å². The van der Waals surface area contributed by atoms with Crippen molar-refractivity contribution in [3.05, 3.63) is 110 Å². The second-order valence-corrected chi connectivity index (χ2v) is 20.8. The number of halogens is 2. The second kappa shape index (κ2) is 11.0. The van der Waals surface area contributed by atoms with Crippen LogP contribution in [0.2, 0.25) is 19.6 Å². The van der Waals surface area contributed by atoms with E-state index in [-0.39, 0.29) is 24.8 Å². The average molecular weight is 569 g/mol. The summed E-state index contributed by atoms with van der Waals surface area (Å²) < 4.78 is 6.21. The van der Waals surface area contributed by atoms with Crippen LogP contribution in [0.3, 0.4) is 0 Å². The Hall–Kier alpha value is -1.31. The molecule has 0 nitrogen and oxygen atoms in total. The van der Waals surface area contributed by atoms with Gasteiger partial charge in [0.1, 0.15) is 0 Å². The number of rotatable bonds is 5. The third-order valence-corrected chi connectivity index (χ3v) is 15.3. The Kier molecular flexibility index (Phi) is 8.73. The van der Waals surface area contributed by atoms with Crippen molar-refractivity contribution in [2.24, 2.45) is 0 Å². The number of allylic oxidation sites excluding steroid dienone is 4. The molecule has 0 spiro atoms. The van der Waals surface area contributed by atoms with Gasteiger partial charge in [-0.15, -0.1) is 0 Å². The van der Waals surface area contributed by atoms with Crippen LogP contribution in [-0.4, -0.2) is 11.8 Å². The maximum absolute atomic E-state index is 2.75. The van der Waals surface area contributed by atoms with E-state index in [1.165, 1.54) is 28.7 Å². The summed E-state index contributed by atoms with van der Waals surface area (Å²) in [6, 6.07) is 27.1. The molecule has 0 heterocycles. The maximum atomic E-state index is 2.75. The third-order valence-electron chi connectivity index (χ3n) is 6.61. The Morgan fingerprint density at radius 3 is 2.24 bits per heavy atom. The summed E-state index contributed by atoms with van der Waals surface area (Å²) in [6.45, 7) is 7.43. The molecular weight excluding hydrogens is 539 g/mol. The zero-order chi connectivity index (χ0) is 21.4. The minimum atomic E-state index is -2.13. The summed E-state index contributed by atoms with van der Waals surface area (Å²) in [7, 11) is -1.27. The van der Waals surface area contributed by atoms with E-state index >= 15 is 0 Å². The van der Waals surface area contributed by atoms with Gasteiger partial charge in [0.25, 0.3) is 0 Å². The summed E-state index contributed by atoms with van der Waals surface area (Å²) in [5.41, 5.74) is 7.48. The first kappa shape index (κ1) is 26.3. The van der Waals surface area contributed by atoms with E-state index < -0.39 is 29.3 Å². The largest absolute Gasteiger partial charge is 1.00 e. The van der Waals surface area contributed by atoms with E-state index in [2.05, 4.69) is 108 Å². The summed E-state index contributed by atoms with van der Waals surface area (Å²) >= 11 is -2.13. The standard InChI is InChI=1S/C13H9.C8H13Si.C8H8.2ClH.Zr/c1-3-7-12-10(5-1)9-11-6-2-4-8-13(11)12;1-9(2,3)8-6-4-5-7-8;1-2-8-6-4-3-5-7-8;;;/h1-5,7-8H,9H2;6-7H,4H2,1-3H3;1,3-7H,2H2;2*1H;/q;;;;;+2/p-2. The fourth-order valence-electron chi connectivity index (χ4n) is 4.89. The molecular formula is C29H30Cl2SiZr. The minimum Gasteiger partial charge on any atom is -1.00 e.